The number of ether oxygens (including phenoxy) is 1. The minimum absolute atomic E-state index is 0.0341. The fourth-order valence-electron chi connectivity index (χ4n) is 8.50. The molecule has 0 aliphatic heterocycles. The number of hydrogen-bond acceptors (Lipinski definition) is 7. The second-order valence-corrected chi connectivity index (χ2v) is 22.9. The van der Waals surface area contributed by atoms with Crippen LogP contribution in [0.3, 0.4) is 0 Å². The maximum atomic E-state index is 13.5. The number of phosphoric acid groups is 1. The molecule has 0 bridgehead atoms. The smallest absolute Gasteiger partial charge is 0.306 e. The lowest BCUT2D eigenvalue weighted by atomic mass is 10.0. The first-order chi connectivity index (χ1) is 35.4. The number of likely N-dealkylation sites (N-methyl/N-ethyl adjacent to an activating group) is 1. The number of quaternary nitrogens is 1. The van der Waals surface area contributed by atoms with E-state index in [1.54, 1.807) is 0 Å². The van der Waals surface area contributed by atoms with Crippen LogP contribution >= 0.6 is 7.82 Å². The summed E-state index contributed by atoms with van der Waals surface area (Å²) in [6.45, 7) is 6.69. The Balaban J connectivity index is 5.31. The highest BCUT2D eigenvalue weighted by Crippen LogP contribution is 2.38. The van der Waals surface area contributed by atoms with Gasteiger partial charge in [-0.2, -0.15) is 0 Å². The lowest BCUT2D eigenvalue weighted by Crippen LogP contribution is -2.47. The molecule has 0 saturated carbocycles. The number of phosphoric ester groups is 1. The highest BCUT2D eigenvalue weighted by molar-refractivity contribution is 7.45. The molecule has 3 unspecified atom stereocenters. The first kappa shape index (κ1) is 70.5. The van der Waals surface area contributed by atoms with E-state index in [-0.39, 0.29) is 31.3 Å². The van der Waals surface area contributed by atoms with E-state index in [4.69, 9.17) is 13.8 Å². The van der Waals surface area contributed by atoms with Gasteiger partial charge >= 0.3 is 5.97 Å². The van der Waals surface area contributed by atoms with Gasteiger partial charge in [0, 0.05) is 12.8 Å². The molecule has 0 aromatic carbocycles. The Morgan fingerprint density at radius 1 is 0.493 bits per heavy atom. The van der Waals surface area contributed by atoms with Gasteiger partial charge in [0.25, 0.3) is 7.82 Å². The van der Waals surface area contributed by atoms with E-state index in [2.05, 4.69) is 86.8 Å². The molecule has 0 aliphatic rings. The van der Waals surface area contributed by atoms with Crippen LogP contribution in [0.5, 0.6) is 0 Å². The summed E-state index contributed by atoms with van der Waals surface area (Å²) < 4.78 is 30.2. The molecule has 0 saturated heterocycles. The summed E-state index contributed by atoms with van der Waals surface area (Å²) in [6, 6.07) is -0.918. The molecule has 0 aromatic rings. The zero-order valence-electron chi connectivity index (χ0n) is 48.3. The minimum Gasteiger partial charge on any atom is -0.756 e. The number of esters is 1. The van der Waals surface area contributed by atoms with Crippen LogP contribution in [0.2, 0.25) is 0 Å². The zero-order chi connectivity index (χ0) is 53.6. The van der Waals surface area contributed by atoms with Gasteiger partial charge in [0.1, 0.15) is 19.3 Å². The number of carbonyl (C=O) groups excluding carboxylic acids is 2. The van der Waals surface area contributed by atoms with Gasteiger partial charge in [0.2, 0.25) is 5.91 Å². The number of rotatable bonds is 54. The van der Waals surface area contributed by atoms with Gasteiger partial charge in [-0.15, -0.1) is 0 Å². The van der Waals surface area contributed by atoms with Crippen molar-refractivity contribution in [2.24, 2.45) is 0 Å². The molecule has 0 aromatic heterocycles. The van der Waals surface area contributed by atoms with Crippen LogP contribution in [-0.4, -0.2) is 69.4 Å². The molecule has 73 heavy (non-hydrogen) atoms. The Morgan fingerprint density at radius 2 is 0.890 bits per heavy atom. The van der Waals surface area contributed by atoms with Crippen molar-refractivity contribution in [3.05, 3.63) is 72.9 Å². The van der Waals surface area contributed by atoms with Crippen molar-refractivity contribution in [3.63, 3.8) is 0 Å². The van der Waals surface area contributed by atoms with Crippen LogP contribution in [0.15, 0.2) is 72.9 Å². The maximum Gasteiger partial charge on any atom is 0.306 e. The van der Waals surface area contributed by atoms with Crippen molar-refractivity contribution >= 4 is 19.7 Å². The first-order valence-electron chi connectivity index (χ1n) is 30.2. The Hall–Kier alpha value is -2.55. The fraction of sp³-hybridized carbons (Fsp3) is 0.778. The predicted octanol–water partition coefficient (Wildman–Crippen LogP) is 17.8. The van der Waals surface area contributed by atoms with E-state index in [9.17, 15) is 19.0 Å². The van der Waals surface area contributed by atoms with E-state index < -0.39 is 26.6 Å². The quantitative estimate of drug-likeness (QED) is 0.0212. The van der Waals surface area contributed by atoms with Gasteiger partial charge in [-0.25, -0.2) is 0 Å². The monoisotopic (exact) mass is 1040 g/mol. The summed E-state index contributed by atoms with van der Waals surface area (Å²) in [5, 5.41) is 2.99. The fourth-order valence-corrected chi connectivity index (χ4v) is 9.22. The summed E-state index contributed by atoms with van der Waals surface area (Å²) >= 11 is 0. The van der Waals surface area contributed by atoms with Crippen molar-refractivity contribution < 1.29 is 37.3 Å². The molecular weight excluding hydrogens is 928 g/mol. The highest BCUT2D eigenvalue weighted by Gasteiger charge is 2.27. The third-order valence-electron chi connectivity index (χ3n) is 13.2. The van der Waals surface area contributed by atoms with Crippen LogP contribution in [-0.2, 0) is 27.9 Å². The van der Waals surface area contributed by atoms with Gasteiger partial charge in [-0.05, 0) is 70.3 Å². The summed E-state index contributed by atoms with van der Waals surface area (Å²) in [5.41, 5.74) is 0. The molecular formula is C63H115N2O7P. The first-order valence-corrected chi connectivity index (χ1v) is 31.7. The second-order valence-electron chi connectivity index (χ2n) is 21.5. The molecule has 9 nitrogen and oxygen atoms in total. The Labute approximate surface area is 451 Å². The van der Waals surface area contributed by atoms with E-state index in [0.29, 0.717) is 17.4 Å². The van der Waals surface area contributed by atoms with Crippen molar-refractivity contribution in [1.29, 1.82) is 0 Å². The van der Waals surface area contributed by atoms with Crippen LogP contribution in [0.25, 0.3) is 0 Å². The van der Waals surface area contributed by atoms with E-state index in [0.717, 1.165) is 77.0 Å². The van der Waals surface area contributed by atoms with Crippen LogP contribution in [0, 0.1) is 0 Å². The molecule has 0 heterocycles. The predicted molar refractivity (Wildman–Crippen MR) is 312 cm³/mol. The number of amides is 1. The molecule has 424 valence electrons. The molecule has 10 heteroatoms. The highest BCUT2D eigenvalue weighted by atomic mass is 31.2. The van der Waals surface area contributed by atoms with Crippen molar-refractivity contribution in [2.45, 2.75) is 277 Å². The van der Waals surface area contributed by atoms with Gasteiger partial charge in [-0.3, -0.25) is 14.2 Å². The van der Waals surface area contributed by atoms with Crippen molar-refractivity contribution in [2.75, 3.05) is 40.9 Å². The van der Waals surface area contributed by atoms with Gasteiger partial charge in [0.05, 0.1) is 33.8 Å². The second kappa shape index (κ2) is 52.9. The van der Waals surface area contributed by atoms with Gasteiger partial charge in [-0.1, -0.05) is 255 Å². The topological polar surface area (TPSA) is 114 Å². The Kier molecular flexibility index (Phi) is 51.0. The van der Waals surface area contributed by atoms with E-state index in [1.807, 2.05) is 33.3 Å². The number of carbonyl (C=O) groups is 2. The average Bonchev–Trinajstić information content (AvgIpc) is 3.35. The van der Waals surface area contributed by atoms with Crippen LogP contribution < -0.4 is 10.2 Å². The Morgan fingerprint density at radius 3 is 1.33 bits per heavy atom. The average molecular weight is 1040 g/mol. The summed E-state index contributed by atoms with van der Waals surface area (Å²) in [4.78, 5) is 39.9. The van der Waals surface area contributed by atoms with E-state index in [1.165, 1.54) is 148 Å². The molecule has 1 N–H and O–H groups in total. The SMILES string of the molecule is CC/C=C\C/C=C\C/C=C\C/C=C\C/C=C\CCCC(=O)NC(COP(=O)([O-])OCC[N+](C)(C)C)C(/C=C/CCCCCCCCCCC)OC(=O)CCCCCCCCCCCCCCCCCCCCC. The number of hydrogen-bond donors (Lipinski definition) is 1. The zero-order valence-corrected chi connectivity index (χ0v) is 49.2. The molecule has 0 aliphatic carbocycles. The number of nitrogens with zero attached hydrogens (tertiary/aromatic N) is 1. The lowest BCUT2D eigenvalue weighted by molar-refractivity contribution is -0.870. The molecule has 3 atom stereocenters. The Bertz CT molecular complexity index is 1480. The lowest BCUT2D eigenvalue weighted by Gasteiger charge is -2.30. The van der Waals surface area contributed by atoms with E-state index >= 15 is 0 Å². The van der Waals surface area contributed by atoms with Crippen LogP contribution in [0.1, 0.15) is 265 Å². The molecule has 0 fully saturated rings. The summed E-state index contributed by atoms with van der Waals surface area (Å²) in [7, 11) is 1.15. The third-order valence-corrected chi connectivity index (χ3v) is 14.1. The van der Waals surface area contributed by atoms with Crippen molar-refractivity contribution in [1.82, 2.24) is 5.32 Å². The largest absolute Gasteiger partial charge is 0.756 e. The molecule has 0 rings (SSSR count). The third kappa shape index (κ3) is 54.1. The summed E-state index contributed by atoms with van der Waals surface area (Å²) in [6.07, 6.45) is 67.4. The molecule has 0 radical (unpaired) electrons. The number of allylic oxidation sites excluding steroid dienone is 11. The normalized spacial score (nSPS) is 14.2. The van der Waals surface area contributed by atoms with Gasteiger partial charge in [0.15, 0.2) is 0 Å². The molecule has 1 amide bonds. The minimum atomic E-state index is -4.71. The van der Waals surface area contributed by atoms with Gasteiger partial charge < -0.3 is 28.5 Å². The molecule has 0 spiro atoms. The number of nitrogens with one attached hydrogen (secondary N) is 1. The summed E-state index contributed by atoms with van der Waals surface area (Å²) in [5.74, 6) is -0.605. The van der Waals surface area contributed by atoms with Crippen molar-refractivity contribution in [3.8, 4) is 0 Å². The number of unbranched alkanes of at least 4 members (excludes halogenated alkanes) is 28. The standard InChI is InChI=1S/C63H115N2O7P/c1-7-10-13-16-19-22-25-27-29-31-32-34-36-38-41-44-47-50-53-56-63(67)72-61(54-51-48-45-42-39-24-21-18-15-12-9-3)60(59-71-73(68,69)70-58-57-65(4,5)6)64-62(66)55-52-49-46-43-40-37-35-33-30-28-26-23-20-17-14-11-8-2/h11,14,20,23,28,30,35,37,43,46,51,54,60-61H,7-10,12-13,15-19,21-22,24-27,29,31-34,36,38-42,44-45,47-50,52-53,55-59H2,1-6H3,(H-,64,66,68,69)/b14-11-,23-20-,30-28-,37-35-,46-43-,54-51+. The van der Waals surface area contributed by atoms with Crippen LogP contribution in [0.4, 0.5) is 0 Å². The maximum absolute atomic E-state index is 13.5.